The van der Waals surface area contributed by atoms with Gasteiger partial charge in [0.05, 0.1) is 10.9 Å². The van der Waals surface area contributed by atoms with Crippen LogP contribution in [-0.2, 0) is 13.1 Å². The molecule has 19 heavy (non-hydrogen) atoms. The molecule has 100 valence electrons. The first-order valence-electron chi connectivity index (χ1n) is 5.71. The molecule has 0 aliphatic heterocycles. The third kappa shape index (κ3) is 2.69. The molecule has 0 fully saturated rings. The summed E-state index contributed by atoms with van der Waals surface area (Å²) in [5.74, 6) is 0.701. The van der Waals surface area contributed by atoms with Gasteiger partial charge in [0.1, 0.15) is 5.69 Å². The van der Waals surface area contributed by atoms with Crippen molar-refractivity contribution in [1.29, 1.82) is 0 Å². The van der Waals surface area contributed by atoms with Crippen LogP contribution in [0.5, 0.6) is 5.88 Å². The standard InChI is InChI=1S/C12H12BrN3OS2/c1-17-11-9(16-4-5-18-12(16)15-11)7-14-6-8-2-3-10(13)19-8/h2-5,14H,6-7H2,1H3. The van der Waals surface area contributed by atoms with Crippen LogP contribution in [0.3, 0.4) is 0 Å². The van der Waals surface area contributed by atoms with Crippen LogP contribution in [0.4, 0.5) is 0 Å². The van der Waals surface area contributed by atoms with Crippen LogP contribution in [0.25, 0.3) is 4.96 Å². The minimum atomic E-state index is 0.701. The lowest BCUT2D eigenvalue weighted by Gasteiger charge is -2.04. The topological polar surface area (TPSA) is 38.6 Å². The molecule has 3 aromatic rings. The predicted octanol–water partition coefficient (Wildman–Crippen LogP) is 3.52. The van der Waals surface area contributed by atoms with Crippen LogP contribution in [0, 0.1) is 0 Å². The Kier molecular flexibility index (Phi) is 3.88. The van der Waals surface area contributed by atoms with Crippen molar-refractivity contribution >= 4 is 43.6 Å². The molecule has 3 aromatic heterocycles. The summed E-state index contributed by atoms with van der Waals surface area (Å²) in [6.07, 6.45) is 2.02. The van der Waals surface area contributed by atoms with Gasteiger partial charge in [-0.2, -0.15) is 4.98 Å². The molecule has 0 unspecified atom stereocenters. The van der Waals surface area contributed by atoms with Gasteiger partial charge in [0.2, 0.25) is 5.88 Å². The zero-order valence-electron chi connectivity index (χ0n) is 10.2. The fraction of sp³-hybridized carbons (Fsp3) is 0.250. The molecular weight excluding hydrogens is 346 g/mol. The molecule has 0 aliphatic rings. The molecule has 3 heterocycles. The zero-order chi connectivity index (χ0) is 13.2. The third-order valence-corrected chi connectivity index (χ3v) is 5.12. The fourth-order valence-electron chi connectivity index (χ4n) is 1.89. The smallest absolute Gasteiger partial charge is 0.237 e. The Morgan fingerprint density at radius 1 is 1.42 bits per heavy atom. The summed E-state index contributed by atoms with van der Waals surface area (Å²) in [7, 11) is 1.66. The predicted molar refractivity (Wildman–Crippen MR) is 82.2 cm³/mol. The number of nitrogens with one attached hydrogen (secondary N) is 1. The third-order valence-electron chi connectivity index (χ3n) is 2.74. The highest BCUT2D eigenvalue weighted by molar-refractivity contribution is 9.11. The number of fused-ring (bicyclic) bond motifs is 1. The molecule has 0 radical (unpaired) electrons. The highest BCUT2D eigenvalue weighted by atomic mass is 79.9. The molecule has 4 nitrogen and oxygen atoms in total. The Morgan fingerprint density at radius 3 is 3.05 bits per heavy atom. The summed E-state index contributed by atoms with van der Waals surface area (Å²) in [4.78, 5) is 6.70. The first-order chi connectivity index (χ1) is 9.28. The lowest BCUT2D eigenvalue weighted by molar-refractivity contribution is 0.393. The molecule has 0 aromatic carbocycles. The van der Waals surface area contributed by atoms with Crippen molar-refractivity contribution in [1.82, 2.24) is 14.7 Å². The van der Waals surface area contributed by atoms with Crippen molar-refractivity contribution in [2.45, 2.75) is 13.1 Å². The van der Waals surface area contributed by atoms with E-state index in [0.717, 1.165) is 27.5 Å². The maximum Gasteiger partial charge on any atom is 0.237 e. The van der Waals surface area contributed by atoms with Gasteiger partial charge in [0, 0.05) is 29.5 Å². The lowest BCUT2D eigenvalue weighted by Crippen LogP contribution is -2.13. The highest BCUT2D eigenvalue weighted by Gasteiger charge is 2.13. The van der Waals surface area contributed by atoms with Crippen LogP contribution in [0.1, 0.15) is 10.6 Å². The van der Waals surface area contributed by atoms with Crippen molar-refractivity contribution < 1.29 is 4.74 Å². The number of halogens is 1. The first-order valence-corrected chi connectivity index (χ1v) is 8.20. The number of hydrogen-bond acceptors (Lipinski definition) is 5. The number of aromatic nitrogens is 2. The number of thiazole rings is 1. The molecule has 0 spiro atoms. The Balaban J connectivity index is 1.72. The van der Waals surface area contributed by atoms with E-state index in [1.165, 1.54) is 4.88 Å². The SMILES string of the molecule is COc1nc2sccn2c1CNCc1ccc(Br)s1. The molecule has 0 amide bonds. The first kappa shape index (κ1) is 13.1. The van der Waals surface area contributed by atoms with E-state index < -0.39 is 0 Å². The van der Waals surface area contributed by atoms with Gasteiger partial charge in [-0.3, -0.25) is 4.40 Å². The summed E-state index contributed by atoms with van der Waals surface area (Å²) in [6, 6.07) is 4.19. The lowest BCUT2D eigenvalue weighted by atomic mass is 10.4. The van der Waals surface area contributed by atoms with Crippen molar-refractivity contribution in [2.24, 2.45) is 0 Å². The van der Waals surface area contributed by atoms with E-state index in [-0.39, 0.29) is 0 Å². The van der Waals surface area contributed by atoms with Gasteiger partial charge in [-0.15, -0.1) is 22.7 Å². The largest absolute Gasteiger partial charge is 0.480 e. The van der Waals surface area contributed by atoms with Crippen molar-refractivity contribution in [2.75, 3.05) is 7.11 Å². The second kappa shape index (κ2) is 5.62. The monoisotopic (exact) mass is 357 g/mol. The van der Waals surface area contributed by atoms with Gasteiger partial charge in [-0.25, -0.2) is 0 Å². The number of methoxy groups -OCH3 is 1. The number of imidazole rings is 1. The van der Waals surface area contributed by atoms with Gasteiger partial charge in [0.25, 0.3) is 0 Å². The quantitative estimate of drug-likeness (QED) is 0.759. The molecule has 3 rings (SSSR count). The highest BCUT2D eigenvalue weighted by Crippen LogP contribution is 2.24. The summed E-state index contributed by atoms with van der Waals surface area (Å²) in [6.45, 7) is 1.58. The summed E-state index contributed by atoms with van der Waals surface area (Å²) in [5.41, 5.74) is 1.06. The molecule has 0 saturated carbocycles. The Hall–Kier alpha value is -0.890. The number of hydrogen-bond donors (Lipinski definition) is 1. The van der Waals surface area contributed by atoms with E-state index in [2.05, 4.69) is 42.8 Å². The average molecular weight is 358 g/mol. The maximum atomic E-state index is 5.33. The van der Waals surface area contributed by atoms with Gasteiger partial charge in [0.15, 0.2) is 4.96 Å². The molecule has 7 heteroatoms. The van der Waals surface area contributed by atoms with Crippen LogP contribution in [-0.4, -0.2) is 16.5 Å². The van der Waals surface area contributed by atoms with Crippen LogP contribution < -0.4 is 10.1 Å². The maximum absolute atomic E-state index is 5.33. The molecule has 0 atom stereocenters. The number of rotatable bonds is 5. The Morgan fingerprint density at radius 2 is 2.32 bits per heavy atom. The minimum absolute atomic E-state index is 0.701. The Labute approximate surface area is 127 Å². The number of thiophene rings is 1. The van der Waals surface area contributed by atoms with E-state index in [9.17, 15) is 0 Å². The molecule has 1 N–H and O–H groups in total. The minimum Gasteiger partial charge on any atom is -0.480 e. The van der Waals surface area contributed by atoms with Gasteiger partial charge < -0.3 is 10.1 Å². The van der Waals surface area contributed by atoms with Gasteiger partial charge >= 0.3 is 0 Å². The van der Waals surface area contributed by atoms with Crippen LogP contribution in [0.2, 0.25) is 0 Å². The van der Waals surface area contributed by atoms with Crippen molar-refractivity contribution in [3.05, 3.63) is 38.1 Å². The molecular formula is C12H12BrN3OS2. The number of ether oxygens (including phenoxy) is 1. The second-order valence-corrected chi connectivity index (χ2v) is 7.35. The Bertz CT molecular complexity index is 688. The molecule has 0 bridgehead atoms. The van der Waals surface area contributed by atoms with E-state index in [1.54, 1.807) is 29.8 Å². The van der Waals surface area contributed by atoms with Crippen LogP contribution >= 0.6 is 38.6 Å². The summed E-state index contributed by atoms with van der Waals surface area (Å²) < 4.78 is 8.55. The van der Waals surface area contributed by atoms with Gasteiger partial charge in [-0.05, 0) is 28.1 Å². The average Bonchev–Trinajstić information content (AvgIpc) is 3.06. The normalized spacial score (nSPS) is 11.3. The van der Waals surface area contributed by atoms with Crippen molar-refractivity contribution in [3.63, 3.8) is 0 Å². The van der Waals surface area contributed by atoms with E-state index in [1.807, 2.05) is 11.6 Å². The summed E-state index contributed by atoms with van der Waals surface area (Å²) >= 11 is 6.82. The molecule has 0 aliphatic carbocycles. The van der Waals surface area contributed by atoms with Gasteiger partial charge in [-0.1, -0.05) is 0 Å². The van der Waals surface area contributed by atoms with E-state index in [4.69, 9.17) is 4.74 Å². The second-order valence-electron chi connectivity index (χ2n) is 3.93. The fourth-order valence-corrected chi connectivity index (χ4v) is 4.07. The van der Waals surface area contributed by atoms with E-state index >= 15 is 0 Å². The van der Waals surface area contributed by atoms with Crippen LogP contribution in [0.15, 0.2) is 27.5 Å². The van der Waals surface area contributed by atoms with E-state index in [0.29, 0.717) is 5.88 Å². The summed E-state index contributed by atoms with van der Waals surface area (Å²) in [5, 5.41) is 5.46. The zero-order valence-corrected chi connectivity index (χ0v) is 13.4. The molecule has 0 saturated heterocycles. The number of nitrogens with zero attached hydrogens (tertiary/aromatic N) is 2. The van der Waals surface area contributed by atoms with Crippen molar-refractivity contribution in [3.8, 4) is 5.88 Å².